The Morgan fingerprint density at radius 1 is 1.17 bits per heavy atom. The van der Waals surface area contributed by atoms with Gasteiger partial charge in [0.2, 0.25) is 0 Å². The lowest BCUT2D eigenvalue weighted by atomic mass is 9.80. The SMILES string of the molecule is CC(=O)SCC1OC(C(C)(C)C)C(O)[C@@H](O)[C@H]1O. The van der Waals surface area contributed by atoms with Gasteiger partial charge in [0.15, 0.2) is 5.12 Å². The fourth-order valence-electron chi connectivity index (χ4n) is 2.00. The van der Waals surface area contributed by atoms with E-state index in [9.17, 15) is 20.1 Å². The zero-order valence-corrected chi connectivity index (χ0v) is 12.0. The summed E-state index contributed by atoms with van der Waals surface area (Å²) in [5, 5.41) is 29.5. The molecule has 0 aliphatic carbocycles. The molecule has 0 aromatic rings. The smallest absolute Gasteiger partial charge is 0.185 e. The van der Waals surface area contributed by atoms with Gasteiger partial charge in [0, 0.05) is 12.7 Å². The van der Waals surface area contributed by atoms with E-state index in [4.69, 9.17) is 4.74 Å². The minimum Gasteiger partial charge on any atom is -0.388 e. The van der Waals surface area contributed by atoms with Crippen LogP contribution in [0.3, 0.4) is 0 Å². The molecule has 6 heteroatoms. The van der Waals surface area contributed by atoms with E-state index in [0.717, 1.165) is 11.8 Å². The van der Waals surface area contributed by atoms with Crippen LogP contribution < -0.4 is 0 Å². The third-order valence-electron chi connectivity index (χ3n) is 3.02. The Labute approximate surface area is 112 Å². The molecule has 0 radical (unpaired) electrons. The Morgan fingerprint density at radius 2 is 1.72 bits per heavy atom. The second-order valence-electron chi connectivity index (χ2n) is 5.74. The molecule has 0 spiro atoms. The standard InChI is InChI=1S/C12H22O5S/c1-6(13)18-5-7-8(14)9(15)10(16)11(17-7)12(2,3)4/h7-11,14-16H,5H2,1-4H3/t7?,8-,9-,10?,11?/m0/s1. The van der Waals surface area contributed by atoms with Gasteiger partial charge in [-0.15, -0.1) is 0 Å². The van der Waals surface area contributed by atoms with Crippen molar-refractivity contribution in [2.45, 2.75) is 58.2 Å². The lowest BCUT2D eigenvalue weighted by molar-refractivity contribution is -0.238. The van der Waals surface area contributed by atoms with Crippen molar-refractivity contribution in [2.75, 3.05) is 5.75 Å². The molecule has 0 saturated carbocycles. The summed E-state index contributed by atoms with van der Waals surface area (Å²) in [4.78, 5) is 10.9. The molecule has 0 aromatic carbocycles. The van der Waals surface area contributed by atoms with Crippen molar-refractivity contribution in [1.29, 1.82) is 0 Å². The molecule has 1 aliphatic heterocycles. The Bertz CT molecular complexity index is 301. The molecule has 3 unspecified atom stereocenters. The maximum absolute atomic E-state index is 10.9. The number of carbonyl (C=O) groups is 1. The van der Waals surface area contributed by atoms with Crippen LogP contribution in [0, 0.1) is 5.41 Å². The molecule has 1 heterocycles. The molecule has 3 N–H and O–H groups in total. The van der Waals surface area contributed by atoms with Crippen LogP contribution in [0.25, 0.3) is 0 Å². The summed E-state index contributed by atoms with van der Waals surface area (Å²) in [6.07, 6.45) is -4.78. The normalized spacial score (nSPS) is 37.6. The molecule has 5 nitrogen and oxygen atoms in total. The highest BCUT2D eigenvalue weighted by atomic mass is 32.2. The van der Waals surface area contributed by atoms with Crippen LogP contribution in [0.2, 0.25) is 0 Å². The van der Waals surface area contributed by atoms with E-state index in [-0.39, 0.29) is 16.3 Å². The molecule has 1 saturated heterocycles. The van der Waals surface area contributed by atoms with Gasteiger partial charge in [0.05, 0.1) is 12.2 Å². The third-order valence-corrected chi connectivity index (χ3v) is 3.92. The van der Waals surface area contributed by atoms with Crippen LogP contribution in [0.4, 0.5) is 0 Å². The molecular weight excluding hydrogens is 256 g/mol. The number of ether oxygens (including phenoxy) is 1. The summed E-state index contributed by atoms with van der Waals surface area (Å²) < 4.78 is 5.66. The van der Waals surface area contributed by atoms with Crippen molar-refractivity contribution in [3.05, 3.63) is 0 Å². The summed E-state index contributed by atoms with van der Waals surface area (Å²) in [5.41, 5.74) is -0.361. The molecule has 106 valence electrons. The second kappa shape index (κ2) is 5.88. The van der Waals surface area contributed by atoms with E-state index in [1.165, 1.54) is 6.92 Å². The summed E-state index contributed by atoms with van der Waals surface area (Å²) in [7, 11) is 0. The van der Waals surface area contributed by atoms with Crippen molar-refractivity contribution in [2.24, 2.45) is 5.41 Å². The van der Waals surface area contributed by atoms with Crippen LogP contribution in [-0.2, 0) is 9.53 Å². The quantitative estimate of drug-likeness (QED) is 0.667. The number of carbonyl (C=O) groups excluding carboxylic acids is 1. The van der Waals surface area contributed by atoms with Crippen molar-refractivity contribution in [1.82, 2.24) is 0 Å². The van der Waals surface area contributed by atoms with Crippen LogP contribution in [0.15, 0.2) is 0 Å². The van der Waals surface area contributed by atoms with Crippen molar-refractivity contribution in [3.63, 3.8) is 0 Å². The Hall–Kier alpha value is -0.140. The zero-order valence-electron chi connectivity index (χ0n) is 11.2. The molecule has 0 amide bonds. The average Bonchev–Trinajstić information content (AvgIpc) is 2.23. The largest absolute Gasteiger partial charge is 0.388 e. The molecule has 1 fully saturated rings. The van der Waals surface area contributed by atoms with Crippen LogP contribution in [0.1, 0.15) is 27.7 Å². The Kier molecular flexibility index (Phi) is 5.20. The molecule has 0 aromatic heterocycles. The monoisotopic (exact) mass is 278 g/mol. The first-order valence-electron chi connectivity index (χ1n) is 5.97. The number of aliphatic hydroxyl groups is 3. The predicted molar refractivity (Wildman–Crippen MR) is 69.3 cm³/mol. The second-order valence-corrected chi connectivity index (χ2v) is 6.93. The first-order chi connectivity index (χ1) is 8.14. The topological polar surface area (TPSA) is 87.0 Å². The predicted octanol–water partition coefficient (Wildman–Crippen LogP) is 0.162. The van der Waals surface area contributed by atoms with E-state index in [1.807, 2.05) is 20.8 Å². The van der Waals surface area contributed by atoms with E-state index >= 15 is 0 Å². The van der Waals surface area contributed by atoms with E-state index in [2.05, 4.69) is 0 Å². The zero-order chi connectivity index (χ0) is 14.1. The number of hydrogen-bond donors (Lipinski definition) is 3. The number of thioether (sulfide) groups is 1. The molecule has 1 rings (SSSR count). The van der Waals surface area contributed by atoms with Gasteiger partial charge in [0.25, 0.3) is 0 Å². The number of hydrogen-bond acceptors (Lipinski definition) is 6. The van der Waals surface area contributed by atoms with Crippen molar-refractivity contribution >= 4 is 16.9 Å². The molecular formula is C12H22O5S. The summed E-state index contributed by atoms with van der Waals surface area (Å²) in [6, 6.07) is 0. The van der Waals surface area contributed by atoms with Gasteiger partial charge >= 0.3 is 0 Å². The maximum Gasteiger partial charge on any atom is 0.185 e. The highest BCUT2D eigenvalue weighted by Crippen LogP contribution is 2.33. The lowest BCUT2D eigenvalue weighted by Crippen LogP contribution is -2.61. The van der Waals surface area contributed by atoms with E-state index < -0.39 is 30.5 Å². The van der Waals surface area contributed by atoms with Crippen LogP contribution >= 0.6 is 11.8 Å². The Balaban J connectivity index is 2.77. The van der Waals surface area contributed by atoms with Crippen LogP contribution in [0.5, 0.6) is 0 Å². The molecule has 1 aliphatic rings. The summed E-state index contributed by atoms with van der Waals surface area (Å²) >= 11 is 1.04. The highest BCUT2D eigenvalue weighted by molar-refractivity contribution is 8.13. The fourth-order valence-corrected chi connectivity index (χ4v) is 2.68. The molecule has 0 bridgehead atoms. The maximum atomic E-state index is 10.9. The van der Waals surface area contributed by atoms with E-state index in [1.54, 1.807) is 0 Å². The average molecular weight is 278 g/mol. The Morgan fingerprint density at radius 3 is 2.17 bits per heavy atom. The van der Waals surface area contributed by atoms with Crippen molar-refractivity contribution in [3.8, 4) is 0 Å². The number of rotatable bonds is 2. The van der Waals surface area contributed by atoms with Crippen LogP contribution in [-0.4, -0.2) is 56.7 Å². The van der Waals surface area contributed by atoms with Gasteiger partial charge in [0.1, 0.15) is 18.3 Å². The van der Waals surface area contributed by atoms with Gasteiger partial charge in [-0.1, -0.05) is 32.5 Å². The third kappa shape index (κ3) is 3.68. The first-order valence-corrected chi connectivity index (χ1v) is 6.96. The van der Waals surface area contributed by atoms with Gasteiger partial charge in [-0.05, 0) is 5.41 Å². The minimum atomic E-state index is -1.25. The van der Waals surface area contributed by atoms with Gasteiger partial charge in [-0.2, -0.15) is 0 Å². The lowest BCUT2D eigenvalue weighted by Gasteiger charge is -2.45. The summed E-state index contributed by atoms with van der Waals surface area (Å²) in [5.74, 6) is 0.271. The van der Waals surface area contributed by atoms with Gasteiger partial charge < -0.3 is 20.1 Å². The summed E-state index contributed by atoms with van der Waals surface area (Å²) in [6.45, 7) is 7.11. The van der Waals surface area contributed by atoms with E-state index in [0.29, 0.717) is 0 Å². The van der Waals surface area contributed by atoms with Gasteiger partial charge in [-0.3, -0.25) is 4.79 Å². The fraction of sp³-hybridized carbons (Fsp3) is 0.917. The number of aliphatic hydroxyl groups excluding tert-OH is 3. The molecule has 18 heavy (non-hydrogen) atoms. The van der Waals surface area contributed by atoms with Gasteiger partial charge in [-0.25, -0.2) is 0 Å². The highest BCUT2D eigenvalue weighted by Gasteiger charge is 2.47. The molecule has 5 atom stereocenters. The minimum absolute atomic E-state index is 0.0706. The van der Waals surface area contributed by atoms with Crippen molar-refractivity contribution < 1.29 is 24.9 Å². The first kappa shape index (κ1) is 15.9.